The van der Waals surface area contributed by atoms with Crippen molar-refractivity contribution in [3.05, 3.63) is 0 Å². The number of carbonyl (C=O) groups excluding carboxylic acids is 1. The molecule has 2 aliphatic heterocycles. The topological polar surface area (TPSA) is 26.3 Å². The van der Waals surface area contributed by atoms with Crippen LogP contribution >= 0.6 is 11.8 Å². The van der Waals surface area contributed by atoms with Gasteiger partial charge in [0.2, 0.25) is 0 Å². The van der Waals surface area contributed by atoms with Crippen LogP contribution in [0.4, 0.5) is 0 Å². The zero-order valence-electron chi connectivity index (χ0n) is 9.96. The second-order valence-corrected chi connectivity index (χ2v) is 7.05. The molecule has 2 atom stereocenters. The molecule has 2 heterocycles. The van der Waals surface area contributed by atoms with Crippen molar-refractivity contribution in [2.24, 2.45) is 11.3 Å². The molecule has 0 N–H and O–H groups in total. The van der Waals surface area contributed by atoms with E-state index in [9.17, 15) is 4.79 Å². The molecule has 3 heteroatoms. The van der Waals surface area contributed by atoms with Crippen LogP contribution in [0.15, 0.2) is 0 Å². The highest BCUT2D eigenvalue weighted by molar-refractivity contribution is 7.99. The Balaban J connectivity index is 1.70. The zero-order valence-corrected chi connectivity index (χ0v) is 10.8. The number of ketones is 1. The van der Waals surface area contributed by atoms with E-state index in [1.54, 1.807) is 0 Å². The number of rotatable bonds is 2. The SMILES string of the molecule is CC1(C(=O)C2CCOC3(CCSC3)C2)CC1. The number of thioether (sulfide) groups is 1. The molecule has 0 aromatic heterocycles. The van der Waals surface area contributed by atoms with E-state index in [2.05, 4.69) is 6.92 Å². The highest BCUT2D eigenvalue weighted by atomic mass is 32.2. The second kappa shape index (κ2) is 3.74. The Labute approximate surface area is 101 Å². The van der Waals surface area contributed by atoms with Crippen molar-refractivity contribution >= 4 is 17.5 Å². The third-order valence-electron chi connectivity index (χ3n) is 4.53. The molecule has 2 unspecified atom stereocenters. The van der Waals surface area contributed by atoms with Crippen LogP contribution in [0.5, 0.6) is 0 Å². The molecule has 0 aromatic rings. The molecule has 1 saturated carbocycles. The quantitative estimate of drug-likeness (QED) is 0.742. The molecule has 2 nitrogen and oxygen atoms in total. The molecule has 16 heavy (non-hydrogen) atoms. The molecule has 0 amide bonds. The van der Waals surface area contributed by atoms with Gasteiger partial charge >= 0.3 is 0 Å². The first-order chi connectivity index (χ1) is 7.64. The Morgan fingerprint density at radius 2 is 2.19 bits per heavy atom. The minimum absolute atomic E-state index is 0.0505. The van der Waals surface area contributed by atoms with Crippen molar-refractivity contribution in [2.75, 3.05) is 18.1 Å². The molecule has 0 bridgehead atoms. The number of Topliss-reactive ketones (excluding diaryl/α,β-unsaturated/α-hetero) is 1. The number of ether oxygens (including phenoxy) is 1. The molecule has 0 radical (unpaired) electrons. The van der Waals surface area contributed by atoms with E-state index in [-0.39, 0.29) is 11.0 Å². The van der Waals surface area contributed by atoms with E-state index in [0.29, 0.717) is 11.7 Å². The summed E-state index contributed by atoms with van der Waals surface area (Å²) in [4.78, 5) is 12.4. The summed E-state index contributed by atoms with van der Waals surface area (Å²) >= 11 is 1.98. The van der Waals surface area contributed by atoms with E-state index in [4.69, 9.17) is 4.74 Å². The summed E-state index contributed by atoms with van der Waals surface area (Å²) in [5.41, 5.74) is 0.115. The zero-order chi connectivity index (χ0) is 11.2. The summed E-state index contributed by atoms with van der Waals surface area (Å²) in [6, 6.07) is 0. The first-order valence-electron chi connectivity index (χ1n) is 6.40. The lowest BCUT2D eigenvalue weighted by molar-refractivity contribution is -0.138. The molecule has 3 fully saturated rings. The third-order valence-corrected chi connectivity index (χ3v) is 5.75. The Bertz CT molecular complexity index is 303. The Morgan fingerprint density at radius 1 is 1.38 bits per heavy atom. The maximum Gasteiger partial charge on any atom is 0.142 e. The Morgan fingerprint density at radius 3 is 2.81 bits per heavy atom. The molecular formula is C13H20O2S. The van der Waals surface area contributed by atoms with Crippen LogP contribution in [0.25, 0.3) is 0 Å². The van der Waals surface area contributed by atoms with Crippen LogP contribution in [0.3, 0.4) is 0 Å². The summed E-state index contributed by atoms with van der Waals surface area (Å²) in [5, 5.41) is 0. The summed E-state index contributed by atoms with van der Waals surface area (Å²) < 4.78 is 5.97. The van der Waals surface area contributed by atoms with E-state index in [1.165, 1.54) is 5.75 Å². The first-order valence-corrected chi connectivity index (χ1v) is 7.55. The maximum atomic E-state index is 12.4. The first kappa shape index (κ1) is 11.1. The minimum Gasteiger partial charge on any atom is -0.374 e. The van der Waals surface area contributed by atoms with Crippen LogP contribution in [-0.4, -0.2) is 29.5 Å². The van der Waals surface area contributed by atoms with Crippen molar-refractivity contribution < 1.29 is 9.53 Å². The predicted octanol–water partition coefficient (Wildman–Crippen LogP) is 2.66. The lowest BCUT2D eigenvalue weighted by Crippen LogP contribution is -2.43. The Hall–Kier alpha value is -0.0200. The van der Waals surface area contributed by atoms with E-state index in [0.717, 1.165) is 44.5 Å². The second-order valence-electron chi connectivity index (χ2n) is 5.95. The van der Waals surface area contributed by atoms with Crippen LogP contribution in [0.1, 0.15) is 39.0 Å². The monoisotopic (exact) mass is 240 g/mol. The van der Waals surface area contributed by atoms with Gasteiger partial charge in [0.15, 0.2) is 0 Å². The van der Waals surface area contributed by atoms with Gasteiger partial charge in [0, 0.05) is 23.7 Å². The van der Waals surface area contributed by atoms with Gasteiger partial charge in [-0.2, -0.15) is 11.8 Å². The summed E-state index contributed by atoms with van der Waals surface area (Å²) in [6.07, 6.45) is 5.34. The highest BCUT2D eigenvalue weighted by Crippen LogP contribution is 2.50. The Kier molecular flexibility index (Phi) is 2.59. The van der Waals surface area contributed by atoms with E-state index >= 15 is 0 Å². The lowest BCUT2D eigenvalue weighted by atomic mass is 9.79. The van der Waals surface area contributed by atoms with Gasteiger partial charge < -0.3 is 4.74 Å². The highest BCUT2D eigenvalue weighted by Gasteiger charge is 2.50. The molecular weight excluding hydrogens is 220 g/mol. The smallest absolute Gasteiger partial charge is 0.142 e. The fourth-order valence-electron chi connectivity index (χ4n) is 3.04. The average Bonchev–Trinajstić information content (AvgIpc) is 2.89. The van der Waals surface area contributed by atoms with Gasteiger partial charge in [-0.15, -0.1) is 0 Å². The maximum absolute atomic E-state index is 12.4. The van der Waals surface area contributed by atoms with Crippen LogP contribution in [-0.2, 0) is 9.53 Å². The van der Waals surface area contributed by atoms with Crippen molar-refractivity contribution in [3.8, 4) is 0 Å². The van der Waals surface area contributed by atoms with Crippen molar-refractivity contribution in [1.82, 2.24) is 0 Å². The van der Waals surface area contributed by atoms with Gasteiger partial charge in [0.05, 0.1) is 5.60 Å². The van der Waals surface area contributed by atoms with Crippen molar-refractivity contribution in [2.45, 2.75) is 44.6 Å². The van der Waals surface area contributed by atoms with E-state index in [1.807, 2.05) is 11.8 Å². The number of hydrogen-bond acceptors (Lipinski definition) is 3. The molecule has 90 valence electrons. The number of carbonyl (C=O) groups is 1. The van der Waals surface area contributed by atoms with Gasteiger partial charge in [-0.3, -0.25) is 4.79 Å². The largest absolute Gasteiger partial charge is 0.374 e. The lowest BCUT2D eigenvalue weighted by Gasteiger charge is -2.38. The van der Waals surface area contributed by atoms with E-state index < -0.39 is 0 Å². The fraction of sp³-hybridized carbons (Fsp3) is 0.923. The van der Waals surface area contributed by atoms with Crippen molar-refractivity contribution in [1.29, 1.82) is 0 Å². The van der Waals surface area contributed by atoms with Crippen molar-refractivity contribution in [3.63, 3.8) is 0 Å². The van der Waals surface area contributed by atoms with Gasteiger partial charge in [-0.1, -0.05) is 6.92 Å². The van der Waals surface area contributed by atoms with Gasteiger partial charge in [-0.05, 0) is 37.9 Å². The fourth-order valence-corrected chi connectivity index (χ4v) is 4.42. The minimum atomic E-state index is 0.0505. The predicted molar refractivity (Wildman–Crippen MR) is 65.7 cm³/mol. The van der Waals surface area contributed by atoms with Crippen LogP contribution in [0, 0.1) is 11.3 Å². The molecule has 0 aromatic carbocycles. The molecule has 1 spiro atoms. The van der Waals surface area contributed by atoms with Crippen LogP contribution < -0.4 is 0 Å². The van der Waals surface area contributed by atoms with Crippen LogP contribution in [0.2, 0.25) is 0 Å². The third kappa shape index (κ3) is 1.82. The van der Waals surface area contributed by atoms with Gasteiger partial charge in [-0.25, -0.2) is 0 Å². The molecule has 1 aliphatic carbocycles. The summed E-state index contributed by atoms with van der Waals surface area (Å²) in [6.45, 7) is 2.94. The molecule has 3 rings (SSSR count). The average molecular weight is 240 g/mol. The standard InChI is InChI=1S/C13H20O2S/c1-12(3-4-12)11(14)10-2-6-15-13(8-10)5-7-16-9-13/h10H,2-9H2,1H3. The molecule has 3 aliphatic rings. The van der Waals surface area contributed by atoms with Gasteiger partial charge in [0.1, 0.15) is 5.78 Å². The normalized spacial score (nSPS) is 41.2. The summed E-state index contributed by atoms with van der Waals surface area (Å²) in [5.74, 6) is 3.14. The molecule has 2 saturated heterocycles. The summed E-state index contributed by atoms with van der Waals surface area (Å²) in [7, 11) is 0. The van der Waals surface area contributed by atoms with Gasteiger partial charge in [0.25, 0.3) is 0 Å². The number of hydrogen-bond donors (Lipinski definition) is 0.